The van der Waals surface area contributed by atoms with Crippen molar-refractivity contribution in [1.29, 1.82) is 5.26 Å². The summed E-state index contributed by atoms with van der Waals surface area (Å²) in [6.07, 6.45) is 3.14. The molecule has 1 saturated heterocycles. The minimum atomic E-state index is -3.79. The van der Waals surface area contributed by atoms with Crippen LogP contribution in [-0.4, -0.2) is 59.1 Å². The molecule has 0 bridgehead atoms. The zero-order valence-electron chi connectivity index (χ0n) is 20.2. The first kappa shape index (κ1) is 24.1. The summed E-state index contributed by atoms with van der Waals surface area (Å²) in [6, 6.07) is 6.09. The van der Waals surface area contributed by atoms with E-state index in [1.807, 2.05) is 6.92 Å². The third-order valence-corrected chi connectivity index (χ3v) is 10.2. The van der Waals surface area contributed by atoms with Gasteiger partial charge >= 0.3 is 0 Å². The largest absolute Gasteiger partial charge is 0.368 e. The number of anilines is 1. The van der Waals surface area contributed by atoms with Gasteiger partial charge in [-0.1, -0.05) is 22.9 Å². The number of halogens is 1. The van der Waals surface area contributed by atoms with E-state index in [1.54, 1.807) is 16.8 Å². The van der Waals surface area contributed by atoms with Crippen LogP contribution >= 0.6 is 22.9 Å². The Morgan fingerprint density at radius 2 is 1.89 bits per heavy atom. The lowest BCUT2D eigenvalue weighted by Gasteiger charge is -2.38. The zero-order valence-corrected chi connectivity index (χ0v) is 22.6. The average molecular weight is 547 g/mol. The first-order valence-electron chi connectivity index (χ1n) is 12.1. The van der Waals surface area contributed by atoms with E-state index in [0.717, 1.165) is 31.4 Å². The van der Waals surface area contributed by atoms with E-state index < -0.39 is 21.0 Å². The third-order valence-electron chi connectivity index (χ3n) is 7.25. The monoisotopic (exact) mass is 546 g/mol. The first-order chi connectivity index (χ1) is 17.0. The normalized spacial score (nSPS) is 24.6. The molecule has 3 fully saturated rings. The Hall–Kier alpha value is -2.30. The van der Waals surface area contributed by atoms with Gasteiger partial charge in [-0.15, -0.1) is 10.2 Å². The van der Waals surface area contributed by atoms with Gasteiger partial charge in [-0.3, -0.25) is 0 Å². The molecular weight excluding hydrogens is 520 g/mol. The van der Waals surface area contributed by atoms with Crippen LogP contribution in [0.4, 0.5) is 5.69 Å². The van der Waals surface area contributed by atoms with Gasteiger partial charge in [0.2, 0.25) is 15.2 Å². The van der Waals surface area contributed by atoms with Crippen LogP contribution in [0.3, 0.4) is 0 Å². The fraction of sp³-hybridized carbons (Fsp3) is 0.565. The molecule has 2 atom stereocenters. The second kappa shape index (κ2) is 8.10. The van der Waals surface area contributed by atoms with Crippen LogP contribution in [0, 0.1) is 11.3 Å². The number of nitrogens with zero attached hydrogens (tertiary/aromatic N) is 6. The van der Waals surface area contributed by atoms with E-state index in [0.29, 0.717) is 34.1 Å². The summed E-state index contributed by atoms with van der Waals surface area (Å²) in [4.78, 5) is 2.33. The van der Waals surface area contributed by atoms with Crippen molar-refractivity contribution in [3.8, 4) is 11.2 Å². The minimum absolute atomic E-state index is 0.162. The van der Waals surface area contributed by atoms with Gasteiger partial charge in [0.1, 0.15) is 10.4 Å². The Bertz CT molecular complexity index is 1510. The zero-order chi connectivity index (χ0) is 25.5. The molecule has 3 heterocycles. The standard InChI is InChI=1S/C23H27ClN8O2S2/c1-13-10-31(11-14(2)26-13)16-8-15(36(33,34)30-22(3)4-5-22)9-17-18(16)19(24)29-32(17)21-28-27-20(35-21)23(12-25)6-7-23/h8-9,13-14,26,30H,4-7,10-11H2,1-3H3/t13-,14-/m0/s1. The first-order valence-corrected chi connectivity index (χ1v) is 14.7. The van der Waals surface area contributed by atoms with Gasteiger partial charge in [0.05, 0.1) is 27.6 Å². The summed E-state index contributed by atoms with van der Waals surface area (Å²) < 4.78 is 31.3. The molecule has 36 heavy (non-hydrogen) atoms. The van der Waals surface area contributed by atoms with E-state index in [4.69, 9.17) is 11.6 Å². The molecule has 3 aromatic rings. The number of hydrogen-bond acceptors (Lipinski definition) is 9. The van der Waals surface area contributed by atoms with Crippen molar-refractivity contribution in [2.45, 2.75) is 74.4 Å². The molecule has 6 rings (SSSR count). The molecule has 2 N–H and O–H groups in total. The summed E-state index contributed by atoms with van der Waals surface area (Å²) in [7, 11) is -3.79. The molecule has 190 valence electrons. The number of aromatic nitrogens is 4. The lowest BCUT2D eigenvalue weighted by atomic mass is 10.1. The van der Waals surface area contributed by atoms with Gasteiger partial charge in [-0.2, -0.15) is 10.4 Å². The number of piperazine rings is 1. The highest BCUT2D eigenvalue weighted by Crippen LogP contribution is 2.49. The smallest absolute Gasteiger partial charge is 0.241 e. The van der Waals surface area contributed by atoms with E-state index >= 15 is 0 Å². The number of benzene rings is 1. The Morgan fingerprint density at radius 3 is 2.50 bits per heavy atom. The maximum Gasteiger partial charge on any atom is 0.241 e. The molecule has 3 aliphatic rings. The van der Waals surface area contributed by atoms with E-state index in [1.165, 1.54) is 11.3 Å². The number of nitrogens with one attached hydrogen (secondary N) is 2. The number of rotatable bonds is 6. The molecule has 2 aliphatic carbocycles. The summed E-state index contributed by atoms with van der Waals surface area (Å²) in [5, 5.41) is 28.3. The maximum absolute atomic E-state index is 13.5. The quantitative estimate of drug-likeness (QED) is 0.482. The second-order valence-corrected chi connectivity index (χ2v) is 13.7. The molecule has 1 aliphatic heterocycles. The van der Waals surface area contributed by atoms with Crippen molar-refractivity contribution in [1.82, 2.24) is 30.0 Å². The van der Waals surface area contributed by atoms with Crippen LogP contribution in [0.5, 0.6) is 0 Å². The summed E-state index contributed by atoms with van der Waals surface area (Å²) >= 11 is 8.00. The van der Waals surface area contributed by atoms with Gasteiger partial charge < -0.3 is 10.2 Å². The Morgan fingerprint density at radius 1 is 1.19 bits per heavy atom. The number of sulfonamides is 1. The number of nitriles is 1. The van der Waals surface area contributed by atoms with Gasteiger partial charge in [-0.25, -0.2) is 17.8 Å². The predicted molar refractivity (Wildman–Crippen MR) is 138 cm³/mol. The van der Waals surface area contributed by atoms with Crippen LogP contribution in [0.1, 0.15) is 51.5 Å². The fourth-order valence-corrected chi connectivity index (χ4v) is 7.68. The van der Waals surface area contributed by atoms with Crippen LogP contribution in [-0.2, 0) is 15.4 Å². The third kappa shape index (κ3) is 4.07. The highest BCUT2D eigenvalue weighted by atomic mass is 35.5. The molecular formula is C23H27ClN8O2S2. The molecule has 0 amide bonds. The van der Waals surface area contributed by atoms with Crippen molar-refractivity contribution in [3.05, 3.63) is 22.3 Å². The van der Waals surface area contributed by atoms with Crippen LogP contribution in [0.25, 0.3) is 16.0 Å². The van der Waals surface area contributed by atoms with Crippen LogP contribution in [0.2, 0.25) is 5.15 Å². The lowest BCUT2D eigenvalue weighted by molar-refractivity contribution is 0.407. The summed E-state index contributed by atoms with van der Waals surface area (Å²) in [5.74, 6) is 0. The van der Waals surface area contributed by atoms with Crippen LogP contribution < -0.4 is 14.9 Å². The molecule has 1 aromatic carbocycles. The van der Waals surface area contributed by atoms with Crippen molar-refractivity contribution in [2.24, 2.45) is 0 Å². The highest BCUT2D eigenvalue weighted by Gasteiger charge is 2.48. The van der Waals surface area contributed by atoms with Crippen molar-refractivity contribution >= 4 is 49.6 Å². The Balaban J connectivity index is 1.53. The molecule has 0 radical (unpaired) electrons. The molecule has 2 aromatic heterocycles. The SMILES string of the molecule is C[C@H]1CN(c2cc(S(=O)(=O)NC3(C)CC3)cc3c2c(Cl)nn3-c2nnc(C3(C#N)CC3)s2)C[C@H](C)N1. The van der Waals surface area contributed by atoms with Gasteiger partial charge in [0, 0.05) is 30.7 Å². The minimum Gasteiger partial charge on any atom is -0.368 e. The summed E-state index contributed by atoms with van der Waals surface area (Å²) in [6.45, 7) is 7.52. The predicted octanol–water partition coefficient (Wildman–Crippen LogP) is 3.10. The topological polar surface area (TPSA) is 129 Å². The van der Waals surface area contributed by atoms with E-state index in [-0.39, 0.29) is 22.1 Å². The highest BCUT2D eigenvalue weighted by molar-refractivity contribution is 7.89. The fourth-order valence-electron chi connectivity index (χ4n) is 4.90. The van der Waals surface area contributed by atoms with E-state index in [9.17, 15) is 13.7 Å². The second-order valence-electron chi connectivity index (χ2n) is 10.7. The van der Waals surface area contributed by atoms with Gasteiger partial charge in [0.25, 0.3) is 0 Å². The lowest BCUT2D eigenvalue weighted by Crippen LogP contribution is -2.54. The van der Waals surface area contributed by atoms with Crippen LogP contribution in [0.15, 0.2) is 17.0 Å². The molecule has 10 nitrogen and oxygen atoms in total. The Kier molecular flexibility index (Phi) is 5.41. The number of hydrogen-bond donors (Lipinski definition) is 2. The van der Waals surface area contributed by atoms with Crippen molar-refractivity contribution < 1.29 is 8.42 Å². The van der Waals surface area contributed by atoms with Gasteiger partial charge in [-0.05, 0) is 58.6 Å². The van der Waals surface area contributed by atoms with Crippen molar-refractivity contribution in [2.75, 3.05) is 18.0 Å². The van der Waals surface area contributed by atoms with E-state index in [2.05, 4.69) is 50.2 Å². The average Bonchev–Trinajstić information content (AvgIpc) is 3.67. The molecule has 0 unspecified atom stereocenters. The summed E-state index contributed by atoms with van der Waals surface area (Å²) in [5.41, 5.74) is 0.292. The molecule has 0 spiro atoms. The Labute approximate surface area is 218 Å². The van der Waals surface area contributed by atoms with Crippen molar-refractivity contribution in [3.63, 3.8) is 0 Å². The van der Waals surface area contributed by atoms with Gasteiger partial charge in [0.15, 0.2) is 5.15 Å². The molecule has 2 saturated carbocycles. The molecule has 13 heteroatoms. The number of fused-ring (bicyclic) bond motifs is 1. The maximum atomic E-state index is 13.5.